The summed E-state index contributed by atoms with van der Waals surface area (Å²) in [5, 5.41) is 11.1. The Labute approximate surface area is 130 Å². The van der Waals surface area contributed by atoms with Crippen molar-refractivity contribution in [2.75, 3.05) is 6.54 Å². The number of halogens is 3. The maximum absolute atomic E-state index is 13.0. The summed E-state index contributed by atoms with van der Waals surface area (Å²) in [5.41, 5.74) is 7.26. The smallest absolute Gasteiger partial charge is 0.123 e. The maximum atomic E-state index is 13.0. The average molecular weight is 359 g/mol. The van der Waals surface area contributed by atoms with Crippen LogP contribution < -0.4 is 5.73 Å². The summed E-state index contributed by atoms with van der Waals surface area (Å²) in [6.07, 6.45) is -0.794. The molecular formula is C15H14BrClFNO. The van der Waals surface area contributed by atoms with E-state index in [9.17, 15) is 9.50 Å². The van der Waals surface area contributed by atoms with E-state index >= 15 is 0 Å². The fourth-order valence-corrected chi connectivity index (χ4v) is 3.03. The van der Waals surface area contributed by atoms with Gasteiger partial charge in [-0.15, -0.1) is 0 Å². The molecule has 0 aliphatic carbocycles. The predicted octanol–water partition coefficient (Wildman–Crippen LogP) is 4.02. The average Bonchev–Trinajstić information content (AvgIpc) is 2.41. The fraction of sp³-hybridized carbons (Fsp3) is 0.200. The molecule has 0 amide bonds. The monoisotopic (exact) mass is 357 g/mol. The molecule has 5 heteroatoms. The van der Waals surface area contributed by atoms with Crippen LogP contribution in [0.4, 0.5) is 4.39 Å². The van der Waals surface area contributed by atoms with Gasteiger partial charge in [0.05, 0.1) is 6.10 Å². The highest BCUT2D eigenvalue weighted by Gasteiger charge is 2.23. The first-order valence-corrected chi connectivity index (χ1v) is 7.28. The molecule has 0 radical (unpaired) electrons. The lowest BCUT2D eigenvalue weighted by molar-refractivity contribution is 0.146. The molecule has 0 heterocycles. The summed E-state index contributed by atoms with van der Waals surface area (Å²) in [6.45, 7) is 0.252. The van der Waals surface area contributed by atoms with Crippen molar-refractivity contribution in [3.8, 4) is 0 Å². The SMILES string of the molecule is NCC(c1ccc(F)cc1)C(O)c1ccc(Cl)cc1Br. The normalized spacial score (nSPS) is 14.1. The minimum atomic E-state index is -0.794. The van der Waals surface area contributed by atoms with Crippen molar-refractivity contribution < 1.29 is 9.50 Å². The van der Waals surface area contributed by atoms with Gasteiger partial charge in [-0.2, -0.15) is 0 Å². The molecule has 20 heavy (non-hydrogen) atoms. The first kappa shape index (κ1) is 15.4. The molecule has 2 rings (SSSR count). The van der Waals surface area contributed by atoms with Gasteiger partial charge in [-0.3, -0.25) is 0 Å². The molecule has 2 aromatic carbocycles. The highest BCUT2D eigenvalue weighted by molar-refractivity contribution is 9.10. The Kier molecular flexibility index (Phi) is 5.16. The van der Waals surface area contributed by atoms with Gasteiger partial charge < -0.3 is 10.8 Å². The molecule has 2 atom stereocenters. The van der Waals surface area contributed by atoms with Gasteiger partial charge in [-0.25, -0.2) is 4.39 Å². The largest absolute Gasteiger partial charge is 0.388 e. The van der Waals surface area contributed by atoms with Gasteiger partial charge >= 0.3 is 0 Å². The molecule has 0 aliphatic heterocycles. The lowest BCUT2D eigenvalue weighted by atomic mass is 9.89. The molecule has 0 fully saturated rings. The van der Waals surface area contributed by atoms with Crippen LogP contribution in [0, 0.1) is 5.82 Å². The van der Waals surface area contributed by atoms with Crippen LogP contribution in [0.5, 0.6) is 0 Å². The zero-order valence-corrected chi connectivity index (χ0v) is 12.9. The lowest BCUT2D eigenvalue weighted by Crippen LogP contribution is -2.20. The van der Waals surface area contributed by atoms with Crippen molar-refractivity contribution in [2.24, 2.45) is 5.73 Å². The Hall–Kier alpha value is -0.940. The van der Waals surface area contributed by atoms with Crippen LogP contribution >= 0.6 is 27.5 Å². The molecule has 2 aromatic rings. The van der Waals surface area contributed by atoms with E-state index in [1.54, 1.807) is 30.3 Å². The summed E-state index contributed by atoms with van der Waals surface area (Å²) in [6, 6.07) is 11.2. The Balaban J connectivity index is 2.33. The molecule has 0 spiro atoms. The van der Waals surface area contributed by atoms with E-state index < -0.39 is 6.10 Å². The van der Waals surface area contributed by atoms with Crippen LogP contribution in [0.2, 0.25) is 5.02 Å². The summed E-state index contributed by atoms with van der Waals surface area (Å²) < 4.78 is 13.7. The number of rotatable bonds is 4. The van der Waals surface area contributed by atoms with Crippen LogP contribution in [-0.4, -0.2) is 11.7 Å². The van der Waals surface area contributed by atoms with E-state index in [0.29, 0.717) is 10.6 Å². The van der Waals surface area contributed by atoms with Crippen LogP contribution in [0.3, 0.4) is 0 Å². The first-order valence-electron chi connectivity index (χ1n) is 6.11. The molecule has 2 nitrogen and oxygen atoms in total. The van der Waals surface area contributed by atoms with Gasteiger partial charge in [-0.1, -0.05) is 45.7 Å². The summed E-state index contributed by atoms with van der Waals surface area (Å²) in [5.74, 6) is -0.625. The standard InChI is InChI=1S/C15H14BrClFNO/c16-14-7-10(17)3-6-12(14)15(20)13(8-19)9-1-4-11(18)5-2-9/h1-7,13,15,20H,8,19H2. The van der Waals surface area contributed by atoms with Crippen molar-refractivity contribution >= 4 is 27.5 Å². The van der Waals surface area contributed by atoms with E-state index in [2.05, 4.69) is 15.9 Å². The van der Waals surface area contributed by atoms with Gasteiger partial charge in [0.2, 0.25) is 0 Å². The number of nitrogens with two attached hydrogens (primary N) is 1. The van der Waals surface area contributed by atoms with E-state index in [0.717, 1.165) is 10.0 Å². The van der Waals surface area contributed by atoms with Crippen LogP contribution in [0.1, 0.15) is 23.1 Å². The number of hydrogen-bond acceptors (Lipinski definition) is 2. The van der Waals surface area contributed by atoms with Gasteiger partial charge in [0.25, 0.3) is 0 Å². The third-order valence-electron chi connectivity index (χ3n) is 3.21. The van der Waals surface area contributed by atoms with E-state index in [-0.39, 0.29) is 18.3 Å². The van der Waals surface area contributed by atoms with Crippen molar-refractivity contribution in [3.05, 3.63) is 68.9 Å². The Morgan fingerprint density at radius 1 is 1.20 bits per heavy atom. The summed E-state index contributed by atoms with van der Waals surface area (Å²) in [7, 11) is 0. The number of benzene rings is 2. The number of hydrogen-bond donors (Lipinski definition) is 2. The summed E-state index contributed by atoms with van der Waals surface area (Å²) in [4.78, 5) is 0. The highest BCUT2D eigenvalue weighted by atomic mass is 79.9. The van der Waals surface area contributed by atoms with Crippen molar-refractivity contribution in [2.45, 2.75) is 12.0 Å². The van der Waals surface area contributed by atoms with Gasteiger partial charge in [0, 0.05) is 22.0 Å². The molecule has 0 bridgehead atoms. The molecule has 0 aromatic heterocycles. The molecule has 3 N–H and O–H groups in total. The lowest BCUT2D eigenvalue weighted by Gasteiger charge is -2.23. The first-order chi connectivity index (χ1) is 9.52. The fourth-order valence-electron chi connectivity index (χ4n) is 2.12. The third-order valence-corrected chi connectivity index (χ3v) is 4.14. The number of aliphatic hydroxyl groups excluding tert-OH is 1. The van der Waals surface area contributed by atoms with E-state index in [4.69, 9.17) is 17.3 Å². The van der Waals surface area contributed by atoms with Crippen molar-refractivity contribution in [1.29, 1.82) is 0 Å². The van der Waals surface area contributed by atoms with Crippen LogP contribution in [0.25, 0.3) is 0 Å². The Bertz CT molecular complexity index is 591. The van der Waals surface area contributed by atoms with Gasteiger partial charge in [-0.05, 0) is 35.4 Å². The second-order valence-electron chi connectivity index (χ2n) is 4.50. The molecular weight excluding hydrogens is 345 g/mol. The highest BCUT2D eigenvalue weighted by Crippen LogP contribution is 2.35. The van der Waals surface area contributed by atoms with Crippen molar-refractivity contribution in [3.63, 3.8) is 0 Å². The Morgan fingerprint density at radius 2 is 1.85 bits per heavy atom. The predicted molar refractivity (Wildman–Crippen MR) is 82.3 cm³/mol. The zero-order chi connectivity index (χ0) is 14.7. The molecule has 2 unspecified atom stereocenters. The third kappa shape index (κ3) is 3.38. The summed E-state index contributed by atoms with van der Waals surface area (Å²) >= 11 is 9.28. The second kappa shape index (κ2) is 6.68. The zero-order valence-electron chi connectivity index (χ0n) is 10.6. The Morgan fingerprint density at radius 3 is 2.40 bits per heavy atom. The topological polar surface area (TPSA) is 46.2 Å². The molecule has 0 saturated heterocycles. The quantitative estimate of drug-likeness (QED) is 0.867. The van der Waals surface area contributed by atoms with Crippen LogP contribution in [-0.2, 0) is 0 Å². The number of aliphatic hydroxyl groups is 1. The maximum Gasteiger partial charge on any atom is 0.123 e. The van der Waals surface area contributed by atoms with E-state index in [1.165, 1.54) is 12.1 Å². The van der Waals surface area contributed by atoms with Gasteiger partial charge in [0.15, 0.2) is 0 Å². The molecule has 0 aliphatic rings. The van der Waals surface area contributed by atoms with Crippen molar-refractivity contribution in [1.82, 2.24) is 0 Å². The molecule has 0 saturated carbocycles. The van der Waals surface area contributed by atoms with E-state index in [1.807, 2.05) is 0 Å². The molecule has 106 valence electrons. The van der Waals surface area contributed by atoms with Gasteiger partial charge in [0.1, 0.15) is 5.82 Å². The minimum absolute atomic E-state index is 0.252. The second-order valence-corrected chi connectivity index (χ2v) is 5.80. The minimum Gasteiger partial charge on any atom is -0.388 e. The van der Waals surface area contributed by atoms with Crippen LogP contribution in [0.15, 0.2) is 46.9 Å².